The molecule has 1 aromatic rings. The van der Waals surface area contributed by atoms with Crippen molar-refractivity contribution in [2.45, 2.75) is 31.8 Å². The molecule has 2 N–H and O–H groups in total. The summed E-state index contributed by atoms with van der Waals surface area (Å²) in [5, 5.41) is 12.8. The summed E-state index contributed by atoms with van der Waals surface area (Å²) >= 11 is 0. The van der Waals surface area contributed by atoms with E-state index in [1.165, 1.54) is 0 Å². The predicted octanol–water partition coefficient (Wildman–Crippen LogP) is 2.58. The molecule has 0 heterocycles. The van der Waals surface area contributed by atoms with Gasteiger partial charge >= 0.3 is 0 Å². The molecule has 0 radical (unpaired) electrons. The second-order valence-electron chi connectivity index (χ2n) is 5.03. The zero-order valence-corrected chi connectivity index (χ0v) is 11.1. The highest BCUT2D eigenvalue weighted by atomic mass is 16.3. The highest BCUT2D eigenvalue weighted by Gasteiger charge is 2.14. The van der Waals surface area contributed by atoms with Crippen LogP contribution >= 0.6 is 0 Å². The molecule has 3 heteroatoms. The first-order chi connectivity index (χ1) is 9.25. The zero-order chi connectivity index (χ0) is 13.5. The number of benzene rings is 1. The molecule has 0 aromatic heterocycles. The lowest BCUT2D eigenvalue weighted by molar-refractivity contribution is -0.121. The molecule has 1 aliphatic rings. The summed E-state index contributed by atoms with van der Waals surface area (Å²) in [5.41, 5.74) is 0.899. The first-order valence-corrected chi connectivity index (χ1v) is 6.92. The topological polar surface area (TPSA) is 49.3 Å². The van der Waals surface area contributed by atoms with Gasteiger partial charge in [-0.05, 0) is 30.7 Å². The second kappa shape index (κ2) is 7.10. The van der Waals surface area contributed by atoms with Crippen LogP contribution in [0.3, 0.4) is 0 Å². The van der Waals surface area contributed by atoms with Crippen molar-refractivity contribution < 1.29 is 9.90 Å². The van der Waals surface area contributed by atoms with E-state index in [1.807, 2.05) is 30.3 Å². The van der Waals surface area contributed by atoms with Gasteiger partial charge in [0.1, 0.15) is 0 Å². The number of aliphatic hydroxyl groups excluding tert-OH is 1. The minimum absolute atomic E-state index is 0.0804. The fourth-order valence-electron chi connectivity index (χ4n) is 2.37. The summed E-state index contributed by atoms with van der Waals surface area (Å²) < 4.78 is 0. The minimum atomic E-state index is -0.507. The van der Waals surface area contributed by atoms with E-state index in [1.54, 1.807) is 0 Å². The van der Waals surface area contributed by atoms with Gasteiger partial charge in [-0.3, -0.25) is 4.79 Å². The van der Waals surface area contributed by atoms with Crippen molar-refractivity contribution >= 4 is 5.91 Å². The van der Waals surface area contributed by atoms with Gasteiger partial charge in [0, 0.05) is 13.0 Å². The van der Waals surface area contributed by atoms with Gasteiger partial charge in [-0.15, -0.1) is 0 Å². The first kappa shape index (κ1) is 13.8. The first-order valence-electron chi connectivity index (χ1n) is 6.92. The van der Waals surface area contributed by atoms with Crippen LogP contribution in [-0.4, -0.2) is 17.6 Å². The fraction of sp³-hybridized carbons (Fsp3) is 0.438. The molecule has 1 aromatic carbocycles. The molecule has 2 unspecified atom stereocenters. The van der Waals surface area contributed by atoms with Crippen molar-refractivity contribution in [2.24, 2.45) is 5.92 Å². The summed E-state index contributed by atoms with van der Waals surface area (Å²) in [6.45, 7) is 0.519. The highest BCUT2D eigenvalue weighted by molar-refractivity contribution is 5.76. The van der Waals surface area contributed by atoms with E-state index >= 15 is 0 Å². The number of carbonyl (C=O) groups excluding carboxylic acids is 1. The molecular formula is C16H21NO2. The molecule has 0 bridgehead atoms. The van der Waals surface area contributed by atoms with E-state index in [0.29, 0.717) is 25.3 Å². The Labute approximate surface area is 114 Å². The summed E-state index contributed by atoms with van der Waals surface area (Å²) in [5.74, 6) is 0.482. The molecule has 0 spiro atoms. The van der Waals surface area contributed by atoms with E-state index in [0.717, 1.165) is 18.4 Å². The summed E-state index contributed by atoms with van der Waals surface area (Å²) in [6, 6.07) is 9.53. The zero-order valence-electron chi connectivity index (χ0n) is 11.1. The second-order valence-corrected chi connectivity index (χ2v) is 5.03. The van der Waals surface area contributed by atoms with Gasteiger partial charge in [0.05, 0.1) is 6.10 Å². The Morgan fingerprint density at radius 2 is 2.16 bits per heavy atom. The molecule has 0 saturated carbocycles. The summed E-state index contributed by atoms with van der Waals surface area (Å²) in [6.07, 6.45) is 7.04. The lowest BCUT2D eigenvalue weighted by Crippen LogP contribution is -2.26. The molecular weight excluding hydrogens is 238 g/mol. The third-order valence-corrected chi connectivity index (χ3v) is 3.48. The molecule has 0 aliphatic heterocycles. The predicted molar refractivity (Wildman–Crippen MR) is 75.5 cm³/mol. The Morgan fingerprint density at radius 3 is 2.84 bits per heavy atom. The quantitative estimate of drug-likeness (QED) is 0.771. The lowest BCUT2D eigenvalue weighted by atomic mass is 10.0. The SMILES string of the molecule is O=C(CC1C=CCC1)NCCC(O)c1ccccc1. The molecule has 102 valence electrons. The van der Waals surface area contributed by atoms with E-state index in [4.69, 9.17) is 0 Å². The van der Waals surface area contributed by atoms with Crippen molar-refractivity contribution in [3.8, 4) is 0 Å². The van der Waals surface area contributed by atoms with Gasteiger partial charge in [0.15, 0.2) is 0 Å². The summed E-state index contributed by atoms with van der Waals surface area (Å²) in [7, 11) is 0. The van der Waals surface area contributed by atoms with Crippen LogP contribution in [0.1, 0.15) is 37.4 Å². The number of allylic oxidation sites excluding steroid dienone is 2. The van der Waals surface area contributed by atoms with Crippen LogP contribution in [-0.2, 0) is 4.79 Å². The maximum absolute atomic E-state index is 11.7. The minimum Gasteiger partial charge on any atom is -0.388 e. The van der Waals surface area contributed by atoms with Crippen LogP contribution < -0.4 is 5.32 Å². The lowest BCUT2D eigenvalue weighted by Gasteiger charge is -2.12. The van der Waals surface area contributed by atoms with Gasteiger partial charge in [0.2, 0.25) is 5.91 Å². The number of hydrogen-bond donors (Lipinski definition) is 2. The van der Waals surface area contributed by atoms with Gasteiger partial charge < -0.3 is 10.4 Å². The van der Waals surface area contributed by atoms with Crippen LogP contribution in [0.15, 0.2) is 42.5 Å². The third-order valence-electron chi connectivity index (χ3n) is 3.48. The van der Waals surface area contributed by atoms with Crippen molar-refractivity contribution in [2.75, 3.05) is 6.54 Å². The fourth-order valence-corrected chi connectivity index (χ4v) is 2.37. The molecule has 19 heavy (non-hydrogen) atoms. The number of rotatable bonds is 6. The number of amides is 1. The van der Waals surface area contributed by atoms with Crippen LogP contribution in [0.25, 0.3) is 0 Å². The van der Waals surface area contributed by atoms with Crippen LogP contribution in [0.4, 0.5) is 0 Å². The molecule has 3 nitrogen and oxygen atoms in total. The molecule has 1 amide bonds. The largest absolute Gasteiger partial charge is 0.388 e. The summed E-state index contributed by atoms with van der Waals surface area (Å²) in [4.78, 5) is 11.7. The van der Waals surface area contributed by atoms with E-state index in [9.17, 15) is 9.90 Å². The molecule has 0 fully saturated rings. The molecule has 1 aliphatic carbocycles. The number of aliphatic hydroxyl groups is 1. The standard InChI is InChI=1S/C16H21NO2/c18-15(14-8-2-1-3-9-14)10-11-17-16(19)12-13-6-4-5-7-13/h1-4,6,8-9,13,15,18H,5,7,10-12H2,(H,17,19). The Kier molecular flexibility index (Phi) is 5.16. The van der Waals surface area contributed by atoms with E-state index in [2.05, 4.69) is 17.5 Å². The van der Waals surface area contributed by atoms with E-state index in [-0.39, 0.29) is 5.91 Å². The van der Waals surface area contributed by atoms with Crippen molar-refractivity contribution in [3.63, 3.8) is 0 Å². The molecule has 2 rings (SSSR count). The van der Waals surface area contributed by atoms with Crippen LogP contribution in [0.2, 0.25) is 0 Å². The monoisotopic (exact) mass is 259 g/mol. The van der Waals surface area contributed by atoms with Gasteiger partial charge in [-0.1, -0.05) is 42.5 Å². The maximum Gasteiger partial charge on any atom is 0.220 e. The Balaban J connectivity index is 1.65. The molecule has 0 saturated heterocycles. The van der Waals surface area contributed by atoms with Gasteiger partial charge in [-0.2, -0.15) is 0 Å². The van der Waals surface area contributed by atoms with Crippen LogP contribution in [0, 0.1) is 5.92 Å². The average molecular weight is 259 g/mol. The maximum atomic E-state index is 11.7. The van der Waals surface area contributed by atoms with Crippen molar-refractivity contribution in [1.29, 1.82) is 0 Å². The Morgan fingerprint density at radius 1 is 1.37 bits per heavy atom. The number of nitrogens with one attached hydrogen (secondary N) is 1. The van der Waals surface area contributed by atoms with Gasteiger partial charge in [-0.25, -0.2) is 0 Å². The van der Waals surface area contributed by atoms with Crippen LogP contribution in [0.5, 0.6) is 0 Å². The molecule has 2 atom stereocenters. The number of hydrogen-bond acceptors (Lipinski definition) is 2. The Hall–Kier alpha value is -1.61. The third kappa shape index (κ3) is 4.52. The average Bonchev–Trinajstić information content (AvgIpc) is 2.92. The Bertz CT molecular complexity index is 428. The van der Waals surface area contributed by atoms with Crippen molar-refractivity contribution in [3.05, 3.63) is 48.0 Å². The van der Waals surface area contributed by atoms with E-state index < -0.39 is 6.10 Å². The van der Waals surface area contributed by atoms with Gasteiger partial charge in [0.25, 0.3) is 0 Å². The smallest absolute Gasteiger partial charge is 0.220 e. The number of carbonyl (C=O) groups is 1. The van der Waals surface area contributed by atoms with Crippen molar-refractivity contribution in [1.82, 2.24) is 5.32 Å². The highest BCUT2D eigenvalue weighted by Crippen LogP contribution is 2.20. The normalized spacial score (nSPS) is 19.3.